The molecule has 1 fully saturated rings. The molecule has 1 aliphatic heterocycles. The maximum atomic E-state index is 12.8. The zero-order valence-electron chi connectivity index (χ0n) is 12.4. The SMILES string of the molecule is CC1(C)CC(=O)[C@@H]2C(c3cccc(C(F)(F)F)c3)=NN[C@H]2C1. The number of carbonyl (C=O) groups excluding carboxylic acids is 1. The molecule has 22 heavy (non-hydrogen) atoms. The van der Waals surface area contributed by atoms with Gasteiger partial charge in [0.05, 0.1) is 23.2 Å². The summed E-state index contributed by atoms with van der Waals surface area (Å²) in [5.74, 6) is -0.404. The maximum Gasteiger partial charge on any atom is 0.416 e. The van der Waals surface area contributed by atoms with Crippen molar-refractivity contribution >= 4 is 11.5 Å². The molecule has 6 heteroatoms. The molecule has 118 valence electrons. The van der Waals surface area contributed by atoms with Crippen LogP contribution in [-0.4, -0.2) is 17.5 Å². The van der Waals surface area contributed by atoms with Crippen LogP contribution in [0.1, 0.15) is 37.8 Å². The van der Waals surface area contributed by atoms with Gasteiger partial charge in [-0.1, -0.05) is 26.0 Å². The van der Waals surface area contributed by atoms with E-state index in [2.05, 4.69) is 10.5 Å². The molecule has 0 amide bonds. The quantitative estimate of drug-likeness (QED) is 0.864. The Kier molecular flexibility index (Phi) is 3.30. The number of nitrogens with one attached hydrogen (secondary N) is 1. The second-order valence-corrected chi connectivity index (χ2v) is 6.80. The summed E-state index contributed by atoms with van der Waals surface area (Å²) in [6.45, 7) is 4.04. The molecule has 1 N–H and O–H groups in total. The summed E-state index contributed by atoms with van der Waals surface area (Å²) in [6.07, 6.45) is -3.20. The molecule has 1 aliphatic carbocycles. The minimum Gasteiger partial charge on any atom is -0.306 e. The Balaban J connectivity index is 1.93. The highest BCUT2D eigenvalue weighted by molar-refractivity contribution is 6.15. The van der Waals surface area contributed by atoms with Crippen molar-refractivity contribution in [2.75, 3.05) is 0 Å². The van der Waals surface area contributed by atoms with Crippen LogP contribution in [0.2, 0.25) is 0 Å². The molecule has 1 heterocycles. The van der Waals surface area contributed by atoms with E-state index in [9.17, 15) is 18.0 Å². The first-order valence-electron chi connectivity index (χ1n) is 7.21. The Hall–Kier alpha value is -1.85. The van der Waals surface area contributed by atoms with Gasteiger partial charge in [-0.2, -0.15) is 18.3 Å². The van der Waals surface area contributed by atoms with E-state index < -0.39 is 17.7 Å². The van der Waals surface area contributed by atoms with Gasteiger partial charge in [-0.3, -0.25) is 4.79 Å². The van der Waals surface area contributed by atoms with Crippen molar-refractivity contribution in [1.82, 2.24) is 5.43 Å². The molecule has 0 bridgehead atoms. The number of alkyl halides is 3. The van der Waals surface area contributed by atoms with Crippen molar-refractivity contribution in [3.05, 3.63) is 35.4 Å². The summed E-state index contributed by atoms with van der Waals surface area (Å²) in [4.78, 5) is 12.4. The van der Waals surface area contributed by atoms with Gasteiger partial charge < -0.3 is 5.43 Å². The molecule has 1 saturated carbocycles. The van der Waals surface area contributed by atoms with Crippen molar-refractivity contribution in [1.29, 1.82) is 0 Å². The van der Waals surface area contributed by atoms with Gasteiger partial charge in [-0.05, 0) is 29.5 Å². The third-order valence-electron chi connectivity index (χ3n) is 4.31. The van der Waals surface area contributed by atoms with E-state index in [1.165, 1.54) is 6.07 Å². The van der Waals surface area contributed by atoms with E-state index in [1.54, 1.807) is 6.07 Å². The maximum absolute atomic E-state index is 12.8. The van der Waals surface area contributed by atoms with Crippen LogP contribution in [-0.2, 0) is 11.0 Å². The minimum atomic E-state index is -4.40. The Bertz CT molecular complexity index is 649. The number of carbonyl (C=O) groups is 1. The summed E-state index contributed by atoms with van der Waals surface area (Å²) in [5, 5.41) is 4.17. The van der Waals surface area contributed by atoms with Gasteiger partial charge in [0.15, 0.2) is 0 Å². The van der Waals surface area contributed by atoms with Gasteiger partial charge in [0.1, 0.15) is 5.78 Å². The predicted molar refractivity (Wildman–Crippen MR) is 76.4 cm³/mol. The molecule has 0 saturated heterocycles. The molecular weight excluding hydrogens is 293 g/mol. The van der Waals surface area contributed by atoms with Crippen LogP contribution in [0.5, 0.6) is 0 Å². The summed E-state index contributed by atoms with van der Waals surface area (Å²) in [7, 11) is 0. The first kappa shape index (κ1) is 15.1. The number of hydrogen-bond acceptors (Lipinski definition) is 3. The summed E-state index contributed by atoms with van der Waals surface area (Å²) in [5.41, 5.74) is 2.90. The van der Waals surface area contributed by atoms with E-state index in [1.807, 2.05) is 13.8 Å². The van der Waals surface area contributed by atoms with Gasteiger partial charge >= 0.3 is 6.18 Å². The number of halogens is 3. The predicted octanol–water partition coefficient (Wildman–Crippen LogP) is 3.39. The van der Waals surface area contributed by atoms with Crippen LogP contribution in [0.4, 0.5) is 13.2 Å². The average molecular weight is 310 g/mol. The van der Waals surface area contributed by atoms with Crippen molar-refractivity contribution in [2.24, 2.45) is 16.4 Å². The van der Waals surface area contributed by atoms with Crippen molar-refractivity contribution in [3.63, 3.8) is 0 Å². The number of rotatable bonds is 1. The molecule has 2 aliphatic rings. The third kappa shape index (κ3) is 2.62. The molecule has 2 atom stereocenters. The van der Waals surface area contributed by atoms with Crippen LogP contribution in [0, 0.1) is 11.3 Å². The zero-order valence-corrected chi connectivity index (χ0v) is 12.4. The number of benzene rings is 1. The van der Waals surface area contributed by atoms with Gasteiger partial charge in [-0.15, -0.1) is 0 Å². The molecule has 0 unspecified atom stereocenters. The lowest BCUT2D eigenvalue weighted by atomic mass is 9.68. The van der Waals surface area contributed by atoms with Gasteiger partial charge in [0.25, 0.3) is 0 Å². The fourth-order valence-electron chi connectivity index (χ4n) is 3.38. The highest BCUT2D eigenvalue weighted by Gasteiger charge is 2.46. The second kappa shape index (κ2) is 4.83. The number of nitrogens with zero attached hydrogens (tertiary/aromatic N) is 1. The van der Waals surface area contributed by atoms with Crippen molar-refractivity contribution in [2.45, 2.75) is 38.9 Å². The molecule has 0 spiro atoms. The highest BCUT2D eigenvalue weighted by Crippen LogP contribution is 2.40. The van der Waals surface area contributed by atoms with Gasteiger partial charge in [-0.25, -0.2) is 0 Å². The van der Waals surface area contributed by atoms with Gasteiger partial charge in [0.2, 0.25) is 0 Å². The fraction of sp³-hybridized carbons (Fsp3) is 0.500. The number of hydrazone groups is 1. The van der Waals surface area contributed by atoms with Crippen LogP contribution in [0.15, 0.2) is 29.4 Å². The molecule has 1 aromatic carbocycles. The molecule has 3 nitrogen and oxygen atoms in total. The van der Waals surface area contributed by atoms with Crippen LogP contribution in [0.3, 0.4) is 0 Å². The highest BCUT2D eigenvalue weighted by atomic mass is 19.4. The first-order chi connectivity index (χ1) is 10.2. The molecule has 3 rings (SSSR count). The molecule has 0 aromatic heterocycles. The first-order valence-corrected chi connectivity index (χ1v) is 7.21. The number of Topliss-reactive ketones (excluding diaryl/α,β-unsaturated/α-hetero) is 1. The van der Waals surface area contributed by atoms with Crippen LogP contribution in [0.25, 0.3) is 0 Å². The van der Waals surface area contributed by atoms with Crippen molar-refractivity contribution in [3.8, 4) is 0 Å². The van der Waals surface area contributed by atoms with Crippen molar-refractivity contribution < 1.29 is 18.0 Å². The summed E-state index contributed by atoms with van der Waals surface area (Å²) in [6, 6.07) is 4.89. The minimum absolute atomic E-state index is 0.0439. The fourth-order valence-corrected chi connectivity index (χ4v) is 3.38. The largest absolute Gasteiger partial charge is 0.416 e. The lowest BCUT2D eigenvalue weighted by Gasteiger charge is -2.36. The number of fused-ring (bicyclic) bond motifs is 1. The monoisotopic (exact) mass is 310 g/mol. The molecule has 0 radical (unpaired) electrons. The standard InChI is InChI=1S/C16H17F3N2O/c1-15(2)7-11-13(12(22)8-15)14(21-20-11)9-4-3-5-10(6-9)16(17,18)19/h3-6,11,13,20H,7-8H2,1-2H3/t11-,13+/m0/s1. The topological polar surface area (TPSA) is 41.5 Å². The zero-order chi connectivity index (χ0) is 16.1. The molecule has 1 aromatic rings. The van der Waals surface area contributed by atoms with Crippen LogP contribution < -0.4 is 5.43 Å². The van der Waals surface area contributed by atoms with E-state index >= 15 is 0 Å². The van der Waals surface area contributed by atoms with E-state index in [0.29, 0.717) is 17.7 Å². The van der Waals surface area contributed by atoms with Crippen LogP contribution >= 0.6 is 0 Å². The lowest BCUT2D eigenvalue weighted by Crippen LogP contribution is -2.45. The average Bonchev–Trinajstić information content (AvgIpc) is 2.80. The Morgan fingerprint density at radius 3 is 2.73 bits per heavy atom. The number of ketones is 1. The molecular formula is C16H17F3N2O. The Labute approximate surface area is 126 Å². The smallest absolute Gasteiger partial charge is 0.306 e. The summed E-state index contributed by atoms with van der Waals surface area (Å²) >= 11 is 0. The Morgan fingerprint density at radius 1 is 1.32 bits per heavy atom. The Morgan fingerprint density at radius 2 is 2.05 bits per heavy atom. The van der Waals surface area contributed by atoms with E-state index in [-0.39, 0.29) is 17.2 Å². The van der Waals surface area contributed by atoms with E-state index in [0.717, 1.165) is 18.6 Å². The van der Waals surface area contributed by atoms with E-state index in [4.69, 9.17) is 0 Å². The number of hydrogen-bond donors (Lipinski definition) is 1. The van der Waals surface area contributed by atoms with Gasteiger partial charge in [0, 0.05) is 6.42 Å². The normalized spacial score (nSPS) is 27.1. The lowest BCUT2D eigenvalue weighted by molar-refractivity contribution is -0.137. The summed E-state index contributed by atoms with van der Waals surface area (Å²) < 4.78 is 38.5. The second-order valence-electron chi connectivity index (χ2n) is 6.80. The third-order valence-corrected chi connectivity index (χ3v) is 4.31.